The molecule has 0 radical (unpaired) electrons. The summed E-state index contributed by atoms with van der Waals surface area (Å²) in [6.45, 7) is 7.68. The molecule has 0 amide bonds. The van der Waals surface area contributed by atoms with Gasteiger partial charge in [0.1, 0.15) is 18.1 Å². The van der Waals surface area contributed by atoms with E-state index in [1.54, 1.807) is 12.1 Å². The maximum absolute atomic E-state index is 9.45. The molecule has 2 atom stereocenters. The minimum absolute atomic E-state index is 0.256. The fraction of sp³-hybridized carbons (Fsp3) is 0.625. The van der Waals surface area contributed by atoms with Crippen LogP contribution in [0, 0.1) is 5.92 Å². The van der Waals surface area contributed by atoms with Gasteiger partial charge in [-0.15, -0.1) is 0 Å². The molecule has 1 saturated heterocycles. The van der Waals surface area contributed by atoms with E-state index < -0.39 is 0 Å². The maximum Gasteiger partial charge on any atom is 0.127 e. The van der Waals surface area contributed by atoms with Crippen molar-refractivity contribution in [2.24, 2.45) is 5.92 Å². The van der Waals surface area contributed by atoms with Crippen LogP contribution in [0.15, 0.2) is 18.2 Å². The number of hydrogen-bond donors (Lipinski definition) is 2. The van der Waals surface area contributed by atoms with E-state index in [2.05, 4.69) is 17.1 Å². The highest BCUT2D eigenvalue weighted by atomic mass is 16.5. The molecule has 2 aliphatic heterocycles. The van der Waals surface area contributed by atoms with Crippen LogP contribution in [0.1, 0.15) is 31.4 Å². The Labute approximate surface area is 120 Å². The van der Waals surface area contributed by atoms with Gasteiger partial charge in [-0.1, -0.05) is 6.92 Å². The van der Waals surface area contributed by atoms with Gasteiger partial charge in [-0.2, -0.15) is 0 Å². The van der Waals surface area contributed by atoms with Crippen molar-refractivity contribution in [2.75, 3.05) is 32.8 Å². The number of fused-ring (bicyclic) bond motifs is 1. The summed E-state index contributed by atoms with van der Waals surface area (Å²) >= 11 is 0. The molecule has 0 aromatic heterocycles. The summed E-state index contributed by atoms with van der Waals surface area (Å²) in [5.41, 5.74) is 1.16. The molecule has 2 heterocycles. The monoisotopic (exact) mass is 276 g/mol. The van der Waals surface area contributed by atoms with Crippen molar-refractivity contribution in [3.63, 3.8) is 0 Å². The van der Waals surface area contributed by atoms with Gasteiger partial charge in [-0.25, -0.2) is 0 Å². The average molecular weight is 276 g/mol. The number of phenolic OH excluding ortho intramolecular Hbond substituents is 1. The van der Waals surface area contributed by atoms with E-state index in [0.717, 1.165) is 17.9 Å². The molecule has 2 unspecified atom stereocenters. The molecule has 2 aliphatic rings. The molecule has 1 aromatic rings. The van der Waals surface area contributed by atoms with Gasteiger partial charge in [-0.05, 0) is 50.5 Å². The summed E-state index contributed by atoms with van der Waals surface area (Å²) in [6.07, 6.45) is 2.71. The predicted molar refractivity (Wildman–Crippen MR) is 79.2 cm³/mol. The number of rotatable bonds is 5. The molecule has 1 aromatic carbocycles. The molecule has 0 spiro atoms. The lowest BCUT2D eigenvalue weighted by atomic mass is 10.1. The SMILES string of the molecule is CC(CNC1COc2cc(O)ccc21)CN1CCCC1. The number of benzene rings is 1. The fourth-order valence-electron chi connectivity index (χ4n) is 3.18. The van der Waals surface area contributed by atoms with Crippen molar-refractivity contribution in [1.82, 2.24) is 10.2 Å². The van der Waals surface area contributed by atoms with Gasteiger partial charge in [0.15, 0.2) is 0 Å². The smallest absolute Gasteiger partial charge is 0.127 e. The first-order valence-corrected chi connectivity index (χ1v) is 7.64. The molecule has 4 nitrogen and oxygen atoms in total. The Kier molecular flexibility index (Phi) is 4.13. The third kappa shape index (κ3) is 3.07. The minimum atomic E-state index is 0.256. The van der Waals surface area contributed by atoms with Gasteiger partial charge in [0.2, 0.25) is 0 Å². The van der Waals surface area contributed by atoms with Gasteiger partial charge < -0.3 is 20.1 Å². The Balaban J connectivity index is 1.50. The summed E-state index contributed by atoms with van der Waals surface area (Å²) in [5.74, 6) is 1.73. The summed E-state index contributed by atoms with van der Waals surface area (Å²) in [4.78, 5) is 2.56. The van der Waals surface area contributed by atoms with Crippen LogP contribution in [0.3, 0.4) is 0 Å². The average Bonchev–Trinajstić information content (AvgIpc) is 3.05. The van der Waals surface area contributed by atoms with E-state index >= 15 is 0 Å². The molecule has 4 heteroatoms. The van der Waals surface area contributed by atoms with Gasteiger partial charge in [0, 0.05) is 18.2 Å². The van der Waals surface area contributed by atoms with Crippen LogP contribution in [0.2, 0.25) is 0 Å². The second kappa shape index (κ2) is 6.02. The number of aromatic hydroxyl groups is 1. The Morgan fingerprint density at radius 3 is 3.00 bits per heavy atom. The molecule has 3 rings (SSSR count). The molecule has 0 aliphatic carbocycles. The van der Waals surface area contributed by atoms with Crippen molar-refractivity contribution in [3.05, 3.63) is 23.8 Å². The lowest BCUT2D eigenvalue weighted by Crippen LogP contribution is -2.33. The molecule has 110 valence electrons. The van der Waals surface area contributed by atoms with Crippen LogP contribution in [-0.2, 0) is 0 Å². The molecule has 20 heavy (non-hydrogen) atoms. The van der Waals surface area contributed by atoms with E-state index in [9.17, 15) is 5.11 Å². The Morgan fingerprint density at radius 1 is 1.40 bits per heavy atom. The maximum atomic E-state index is 9.45. The topological polar surface area (TPSA) is 44.7 Å². The minimum Gasteiger partial charge on any atom is -0.508 e. The van der Waals surface area contributed by atoms with Crippen molar-refractivity contribution < 1.29 is 9.84 Å². The summed E-state index contributed by atoms with van der Waals surface area (Å²) in [6, 6.07) is 5.65. The van der Waals surface area contributed by atoms with Crippen molar-refractivity contribution in [3.8, 4) is 11.5 Å². The summed E-state index contributed by atoms with van der Waals surface area (Å²) in [5, 5.41) is 13.1. The number of phenols is 1. The normalized spacial score (nSPS) is 23.6. The third-order valence-corrected chi connectivity index (χ3v) is 4.26. The second-order valence-electron chi connectivity index (χ2n) is 6.11. The standard InChI is InChI=1S/C16H24N2O2/c1-12(10-18-6-2-3-7-18)9-17-15-11-20-16-8-13(19)4-5-14(15)16/h4-5,8,12,15,17,19H,2-3,6-7,9-11H2,1H3. The third-order valence-electron chi connectivity index (χ3n) is 4.26. The Hall–Kier alpha value is -1.26. The van der Waals surface area contributed by atoms with Gasteiger partial charge in [0.25, 0.3) is 0 Å². The summed E-state index contributed by atoms with van der Waals surface area (Å²) in [7, 11) is 0. The first-order chi connectivity index (χ1) is 9.72. The summed E-state index contributed by atoms with van der Waals surface area (Å²) < 4.78 is 5.62. The zero-order valence-electron chi connectivity index (χ0n) is 12.1. The van der Waals surface area contributed by atoms with E-state index in [1.807, 2.05) is 6.07 Å². The first-order valence-electron chi connectivity index (χ1n) is 7.64. The molecular formula is C16H24N2O2. The zero-order valence-corrected chi connectivity index (χ0v) is 12.1. The largest absolute Gasteiger partial charge is 0.508 e. The quantitative estimate of drug-likeness (QED) is 0.865. The highest BCUT2D eigenvalue weighted by Gasteiger charge is 2.24. The zero-order chi connectivity index (χ0) is 13.9. The molecule has 0 saturated carbocycles. The van der Waals surface area contributed by atoms with Crippen molar-refractivity contribution in [2.45, 2.75) is 25.8 Å². The van der Waals surface area contributed by atoms with Crippen molar-refractivity contribution in [1.29, 1.82) is 0 Å². The van der Waals surface area contributed by atoms with Gasteiger partial charge in [0.05, 0.1) is 6.04 Å². The van der Waals surface area contributed by atoms with Crippen LogP contribution in [-0.4, -0.2) is 42.8 Å². The number of hydrogen-bond acceptors (Lipinski definition) is 4. The molecule has 0 bridgehead atoms. The first kappa shape index (κ1) is 13.7. The van der Waals surface area contributed by atoms with Crippen LogP contribution < -0.4 is 10.1 Å². The van der Waals surface area contributed by atoms with Crippen LogP contribution in [0.4, 0.5) is 0 Å². The van der Waals surface area contributed by atoms with Gasteiger partial charge >= 0.3 is 0 Å². The molecule has 2 N–H and O–H groups in total. The van der Waals surface area contributed by atoms with E-state index in [1.165, 1.54) is 32.5 Å². The number of nitrogens with zero attached hydrogens (tertiary/aromatic N) is 1. The lowest BCUT2D eigenvalue weighted by Gasteiger charge is -2.22. The predicted octanol–water partition coefficient (Wildman–Crippen LogP) is 2.15. The molecular weight excluding hydrogens is 252 g/mol. The fourth-order valence-corrected chi connectivity index (χ4v) is 3.18. The lowest BCUT2D eigenvalue weighted by molar-refractivity contribution is 0.265. The van der Waals surface area contributed by atoms with Gasteiger partial charge in [-0.3, -0.25) is 0 Å². The number of likely N-dealkylation sites (tertiary alicyclic amines) is 1. The van der Waals surface area contributed by atoms with Crippen LogP contribution in [0.25, 0.3) is 0 Å². The second-order valence-corrected chi connectivity index (χ2v) is 6.11. The number of nitrogens with one attached hydrogen (secondary N) is 1. The highest BCUT2D eigenvalue weighted by molar-refractivity contribution is 5.44. The van der Waals surface area contributed by atoms with Crippen LogP contribution >= 0.6 is 0 Å². The van der Waals surface area contributed by atoms with E-state index in [-0.39, 0.29) is 11.8 Å². The Morgan fingerprint density at radius 2 is 2.20 bits per heavy atom. The molecule has 1 fully saturated rings. The number of ether oxygens (including phenoxy) is 1. The van der Waals surface area contributed by atoms with Crippen molar-refractivity contribution >= 4 is 0 Å². The highest BCUT2D eigenvalue weighted by Crippen LogP contribution is 2.34. The Bertz CT molecular complexity index is 458. The van der Waals surface area contributed by atoms with E-state index in [0.29, 0.717) is 12.5 Å². The van der Waals surface area contributed by atoms with Crippen LogP contribution in [0.5, 0.6) is 11.5 Å². The van der Waals surface area contributed by atoms with E-state index in [4.69, 9.17) is 4.74 Å².